The third-order valence-corrected chi connectivity index (χ3v) is 5.33. The number of likely N-dealkylation sites (tertiary alicyclic amines) is 1. The van der Waals surface area contributed by atoms with E-state index in [1.54, 1.807) is 30.7 Å². The highest BCUT2D eigenvalue weighted by atomic mass is 16.5. The molecule has 1 atom stereocenters. The van der Waals surface area contributed by atoms with Crippen LogP contribution in [-0.4, -0.2) is 60.2 Å². The molecule has 6 nitrogen and oxygen atoms in total. The van der Waals surface area contributed by atoms with Gasteiger partial charge in [-0.05, 0) is 37.1 Å². The minimum Gasteiger partial charge on any atom is -0.379 e. The molecule has 0 saturated carbocycles. The molecule has 0 unspecified atom stereocenters. The first-order valence-electron chi connectivity index (χ1n) is 9.18. The summed E-state index contributed by atoms with van der Waals surface area (Å²) in [4.78, 5) is 25.5. The van der Waals surface area contributed by atoms with E-state index in [4.69, 9.17) is 4.74 Å². The van der Waals surface area contributed by atoms with Crippen LogP contribution in [0.3, 0.4) is 0 Å². The second-order valence-corrected chi connectivity index (χ2v) is 7.25. The highest BCUT2D eigenvalue weighted by Crippen LogP contribution is 2.35. The minimum atomic E-state index is -0.0344. The summed E-state index contributed by atoms with van der Waals surface area (Å²) in [6.07, 6.45) is 9.12. The van der Waals surface area contributed by atoms with E-state index in [1.807, 2.05) is 17.2 Å². The largest absolute Gasteiger partial charge is 0.379 e. The van der Waals surface area contributed by atoms with Crippen molar-refractivity contribution in [1.82, 2.24) is 14.9 Å². The molecular formula is C20H24N4O2. The molecule has 2 aliphatic heterocycles. The number of hydrogen-bond acceptors (Lipinski definition) is 5. The first kappa shape index (κ1) is 17.0. The third kappa shape index (κ3) is 3.55. The van der Waals surface area contributed by atoms with Gasteiger partial charge >= 0.3 is 0 Å². The molecule has 1 spiro atoms. The number of aromatic nitrogens is 2. The molecule has 0 aromatic carbocycles. The SMILES string of the molecule is O=C(c1ccncc1)N1CCC[C@]2(COCCN(c3cccnc3)C2)C1. The van der Waals surface area contributed by atoms with Crippen LogP contribution >= 0.6 is 0 Å². The summed E-state index contributed by atoms with van der Waals surface area (Å²) in [5, 5.41) is 0. The molecule has 0 bridgehead atoms. The Bertz CT molecular complexity index is 740. The smallest absolute Gasteiger partial charge is 0.253 e. The molecule has 2 aromatic rings. The minimum absolute atomic E-state index is 0.0344. The molecule has 0 aliphatic carbocycles. The maximum Gasteiger partial charge on any atom is 0.253 e. The Kier molecular flexibility index (Phi) is 4.84. The molecule has 2 fully saturated rings. The Morgan fingerprint density at radius 1 is 1.08 bits per heavy atom. The Morgan fingerprint density at radius 3 is 2.77 bits per heavy atom. The van der Waals surface area contributed by atoms with Crippen molar-refractivity contribution in [2.24, 2.45) is 5.41 Å². The van der Waals surface area contributed by atoms with Gasteiger partial charge in [0.25, 0.3) is 5.91 Å². The van der Waals surface area contributed by atoms with Crippen molar-refractivity contribution in [3.63, 3.8) is 0 Å². The van der Waals surface area contributed by atoms with E-state index in [-0.39, 0.29) is 11.3 Å². The number of ether oxygens (including phenoxy) is 1. The maximum atomic E-state index is 12.9. The fraction of sp³-hybridized carbons (Fsp3) is 0.450. The molecule has 1 amide bonds. The Morgan fingerprint density at radius 2 is 1.96 bits per heavy atom. The highest BCUT2D eigenvalue weighted by Gasteiger charge is 2.40. The predicted octanol–water partition coefficient (Wildman–Crippen LogP) is 2.24. The van der Waals surface area contributed by atoms with Crippen LogP contribution in [0.2, 0.25) is 0 Å². The van der Waals surface area contributed by atoms with Crippen LogP contribution in [0.4, 0.5) is 5.69 Å². The van der Waals surface area contributed by atoms with E-state index in [1.165, 1.54) is 0 Å². The van der Waals surface area contributed by atoms with Crippen LogP contribution in [0.15, 0.2) is 49.1 Å². The summed E-state index contributed by atoms with van der Waals surface area (Å²) in [6.45, 7) is 4.67. The van der Waals surface area contributed by atoms with Crippen LogP contribution < -0.4 is 4.90 Å². The highest BCUT2D eigenvalue weighted by molar-refractivity contribution is 5.94. The first-order chi connectivity index (χ1) is 12.8. The zero-order valence-corrected chi connectivity index (χ0v) is 14.9. The van der Waals surface area contributed by atoms with Gasteiger partial charge in [-0.15, -0.1) is 0 Å². The summed E-state index contributed by atoms with van der Waals surface area (Å²) in [5.41, 5.74) is 1.79. The summed E-state index contributed by atoms with van der Waals surface area (Å²) >= 11 is 0. The lowest BCUT2D eigenvalue weighted by molar-refractivity contribution is 0.0135. The molecule has 2 aromatic heterocycles. The first-order valence-corrected chi connectivity index (χ1v) is 9.18. The van der Waals surface area contributed by atoms with Gasteiger partial charge in [0.1, 0.15) is 0 Å². The standard InChI is InChI=1S/C20H24N4O2/c25-19(17-4-8-21-9-5-17)24-10-2-6-20(15-24)14-23(11-12-26-16-20)18-3-1-7-22-13-18/h1,3-5,7-9,13H,2,6,10-12,14-16H2/t20-/m1/s1. The van der Waals surface area contributed by atoms with Crippen molar-refractivity contribution in [3.8, 4) is 0 Å². The molecule has 0 radical (unpaired) electrons. The summed E-state index contributed by atoms with van der Waals surface area (Å²) < 4.78 is 5.96. The van der Waals surface area contributed by atoms with Crippen LogP contribution in [0, 0.1) is 5.41 Å². The normalized spacial score (nSPS) is 23.7. The van der Waals surface area contributed by atoms with E-state index in [0.29, 0.717) is 18.8 Å². The van der Waals surface area contributed by atoms with Crippen molar-refractivity contribution in [2.75, 3.05) is 44.3 Å². The van der Waals surface area contributed by atoms with Crippen LogP contribution in [0.1, 0.15) is 23.2 Å². The fourth-order valence-corrected chi connectivity index (χ4v) is 4.06. The lowest BCUT2D eigenvalue weighted by Gasteiger charge is -2.44. The van der Waals surface area contributed by atoms with Crippen molar-refractivity contribution < 1.29 is 9.53 Å². The van der Waals surface area contributed by atoms with Gasteiger partial charge in [-0.3, -0.25) is 14.8 Å². The second-order valence-electron chi connectivity index (χ2n) is 7.25. The molecule has 2 saturated heterocycles. The van der Waals surface area contributed by atoms with E-state index in [9.17, 15) is 4.79 Å². The third-order valence-electron chi connectivity index (χ3n) is 5.33. The van der Waals surface area contributed by atoms with Crippen molar-refractivity contribution >= 4 is 11.6 Å². The van der Waals surface area contributed by atoms with E-state index >= 15 is 0 Å². The van der Waals surface area contributed by atoms with Gasteiger partial charge < -0.3 is 14.5 Å². The van der Waals surface area contributed by atoms with E-state index in [2.05, 4.69) is 20.9 Å². The Labute approximate surface area is 153 Å². The van der Waals surface area contributed by atoms with Crippen LogP contribution in [0.25, 0.3) is 0 Å². The second kappa shape index (κ2) is 7.41. The van der Waals surface area contributed by atoms with Gasteiger partial charge in [0, 0.05) is 55.7 Å². The van der Waals surface area contributed by atoms with Gasteiger partial charge in [0.2, 0.25) is 0 Å². The zero-order chi connectivity index (χ0) is 17.8. The van der Waals surface area contributed by atoms with Gasteiger partial charge in [-0.25, -0.2) is 0 Å². The van der Waals surface area contributed by atoms with Crippen LogP contribution in [-0.2, 0) is 4.74 Å². The van der Waals surface area contributed by atoms with Gasteiger partial charge in [0.15, 0.2) is 0 Å². The molecule has 4 heterocycles. The molecule has 26 heavy (non-hydrogen) atoms. The fourth-order valence-electron chi connectivity index (χ4n) is 4.06. The van der Waals surface area contributed by atoms with Gasteiger partial charge in [-0.1, -0.05) is 0 Å². The molecule has 136 valence electrons. The lowest BCUT2D eigenvalue weighted by Crippen LogP contribution is -2.52. The quantitative estimate of drug-likeness (QED) is 0.830. The summed E-state index contributed by atoms with van der Waals surface area (Å²) in [6, 6.07) is 7.63. The van der Waals surface area contributed by atoms with E-state index < -0.39 is 0 Å². The Balaban J connectivity index is 1.53. The van der Waals surface area contributed by atoms with Crippen molar-refractivity contribution in [1.29, 1.82) is 0 Å². The number of piperidine rings is 1. The van der Waals surface area contributed by atoms with Crippen molar-refractivity contribution in [2.45, 2.75) is 12.8 Å². The molecule has 0 N–H and O–H groups in total. The molecular weight excluding hydrogens is 328 g/mol. The average molecular weight is 352 g/mol. The number of anilines is 1. The van der Waals surface area contributed by atoms with Gasteiger partial charge in [-0.2, -0.15) is 0 Å². The number of nitrogens with zero attached hydrogens (tertiary/aromatic N) is 4. The number of hydrogen-bond donors (Lipinski definition) is 0. The van der Waals surface area contributed by atoms with Gasteiger partial charge in [0.05, 0.1) is 25.1 Å². The molecule has 6 heteroatoms. The van der Waals surface area contributed by atoms with Crippen molar-refractivity contribution in [3.05, 3.63) is 54.6 Å². The topological polar surface area (TPSA) is 58.6 Å². The zero-order valence-electron chi connectivity index (χ0n) is 14.9. The Hall–Kier alpha value is -2.47. The number of carbonyl (C=O) groups is 1. The number of amides is 1. The summed E-state index contributed by atoms with van der Waals surface area (Å²) in [7, 11) is 0. The molecule has 2 aliphatic rings. The number of rotatable bonds is 2. The predicted molar refractivity (Wildman–Crippen MR) is 99.1 cm³/mol. The lowest BCUT2D eigenvalue weighted by atomic mass is 9.79. The maximum absolute atomic E-state index is 12.9. The summed E-state index contributed by atoms with van der Waals surface area (Å²) in [5.74, 6) is 0.0867. The van der Waals surface area contributed by atoms with Crippen LogP contribution in [0.5, 0.6) is 0 Å². The monoisotopic (exact) mass is 352 g/mol. The number of carbonyl (C=O) groups excluding carboxylic acids is 1. The number of pyridine rings is 2. The average Bonchev–Trinajstić information content (AvgIpc) is 2.91. The molecule has 4 rings (SSSR count). The van der Waals surface area contributed by atoms with E-state index in [0.717, 1.165) is 44.7 Å².